The van der Waals surface area contributed by atoms with Crippen molar-refractivity contribution in [3.05, 3.63) is 82.1 Å². The van der Waals surface area contributed by atoms with Gasteiger partial charge in [0.25, 0.3) is 5.91 Å². The van der Waals surface area contributed by atoms with Crippen molar-refractivity contribution in [1.29, 1.82) is 0 Å². The van der Waals surface area contributed by atoms with Crippen molar-refractivity contribution in [2.45, 2.75) is 32.1 Å². The molecule has 39 heavy (non-hydrogen) atoms. The highest BCUT2D eigenvalue weighted by Crippen LogP contribution is 2.43. The third-order valence-electron chi connectivity index (χ3n) is 6.38. The van der Waals surface area contributed by atoms with Gasteiger partial charge < -0.3 is 28.6 Å². The minimum absolute atomic E-state index is 0.0111. The number of nitrogens with zero attached hydrogens (tertiary/aromatic N) is 1. The van der Waals surface area contributed by atoms with Crippen molar-refractivity contribution in [2.24, 2.45) is 0 Å². The predicted molar refractivity (Wildman–Crippen MR) is 143 cm³/mol. The number of carbonyl (C=O) groups is 2. The number of rotatable bonds is 9. The normalized spacial score (nSPS) is 16.8. The van der Waals surface area contributed by atoms with Crippen LogP contribution in [0.5, 0.6) is 17.2 Å². The molecule has 0 unspecified atom stereocenters. The van der Waals surface area contributed by atoms with Crippen LogP contribution in [0.1, 0.15) is 36.1 Å². The van der Waals surface area contributed by atoms with Crippen molar-refractivity contribution in [1.82, 2.24) is 0 Å². The molecule has 206 valence electrons. The lowest BCUT2D eigenvalue weighted by atomic mass is 9.98. The zero-order valence-electron chi connectivity index (χ0n) is 22.0. The molecule has 1 aliphatic rings. The number of anilines is 1. The predicted octanol–water partition coefficient (Wildman–Crippen LogP) is 5.48. The van der Waals surface area contributed by atoms with E-state index in [9.17, 15) is 9.59 Å². The van der Waals surface area contributed by atoms with E-state index in [-0.39, 0.29) is 30.9 Å². The number of benzene rings is 3. The Morgan fingerprint density at radius 2 is 1.77 bits per heavy atom. The Balaban J connectivity index is 1.88. The second kappa shape index (κ2) is 12.4. The summed E-state index contributed by atoms with van der Waals surface area (Å²) in [4.78, 5) is 28.0. The van der Waals surface area contributed by atoms with Gasteiger partial charge in [-0.15, -0.1) is 0 Å². The molecule has 1 heterocycles. The fraction of sp³-hybridized carbons (Fsp3) is 0.310. The fourth-order valence-corrected chi connectivity index (χ4v) is 4.70. The molecule has 8 nitrogen and oxygen atoms in total. The molecule has 3 aromatic rings. The summed E-state index contributed by atoms with van der Waals surface area (Å²) in [5.74, 6) is -0.676. The molecule has 0 saturated carbocycles. The second-order valence-corrected chi connectivity index (χ2v) is 9.12. The number of hydrogen-bond acceptors (Lipinski definition) is 7. The maximum Gasteiger partial charge on any atom is 0.308 e. The fourth-order valence-electron chi connectivity index (χ4n) is 4.52. The first kappa shape index (κ1) is 28.2. The number of fused-ring (bicyclic) bond motifs is 1. The number of ether oxygens (including phenoxy) is 5. The van der Waals surface area contributed by atoms with Gasteiger partial charge >= 0.3 is 5.97 Å². The minimum atomic E-state index is -1.28. The van der Waals surface area contributed by atoms with Gasteiger partial charge in [-0.05, 0) is 43.3 Å². The largest absolute Gasteiger partial charge is 0.497 e. The molecular formula is C29H29ClFNO7. The highest BCUT2D eigenvalue weighted by atomic mass is 35.5. The van der Waals surface area contributed by atoms with Crippen LogP contribution >= 0.6 is 11.6 Å². The van der Waals surface area contributed by atoms with Gasteiger partial charge in [0.1, 0.15) is 23.7 Å². The van der Waals surface area contributed by atoms with Gasteiger partial charge in [-0.3, -0.25) is 9.59 Å². The molecule has 0 aliphatic carbocycles. The molecule has 0 spiro atoms. The Kier molecular flexibility index (Phi) is 8.93. The highest BCUT2D eigenvalue weighted by Gasteiger charge is 2.39. The third kappa shape index (κ3) is 5.94. The Bertz CT molecular complexity index is 1370. The Labute approximate surface area is 231 Å². The van der Waals surface area contributed by atoms with Gasteiger partial charge in [0.2, 0.25) is 0 Å². The van der Waals surface area contributed by atoms with Crippen LogP contribution in [0.3, 0.4) is 0 Å². The Morgan fingerprint density at radius 1 is 1.00 bits per heavy atom. The van der Waals surface area contributed by atoms with E-state index in [1.807, 2.05) is 0 Å². The molecule has 0 aromatic heterocycles. The zero-order chi connectivity index (χ0) is 28.1. The van der Waals surface area contributed by atoms with Crippen LogP contribution < -0.4 is 19.1 Å². The van der Waals surface area contributed by atoms with Crippen LogP contribution in [0, 0.1) is 5.82 Å². The average molecular weight is 558 g/mol. The molecule has 0 bridgehead atoms. The molecule has 0 radical (unpaired) electrons. The van der Waals surface area contributed by atoms with Gasteiger partial charge in [0.05, 0.1) is 46.6 Å². The number of carbonyl (C=O) groups excluding carboxylic acids is 2. The summed E-state index contributed by atoms with van der Waals surface area (Å²) in [5.41, 5.74) is 1.69. The molecule has 0 saturated heterocycles. The lowest BCUT2D eigenvalue weighted by molar-refractivity contribution is -0.151. The first-order valence-corrected chi connectivity index (χ1v) is 12.6. The van der Waals surface area contributed by atoms with E-state index in [1.165, 1.54) is 25.2 Å². The monoisotopic (exact) mass is 557 g/mol. The molecule has 1 amide bonds. The first-order valence-electron chi connectivity index (χ1n) is 12.3. The van der Waals surface area contributed by atoms with Crippen molar-refractivity contribution in [3.63, 3.8) is 0 Å². The summed E-state index contributed by atoms with van der Waals surface area (Å²) >= 11 is 6.38. The summed E-state index contributed by atoms with van der Waals surface area (Å²) in [6, 6.07) is 14.8. The van der Waals surface area contributed by atoms with Crippen LogP contribution in [-0.2, 0) is 25.6 Å². The zero-order valence-corrected chi connectivity index (χ0v) is 22.8. The standard InChI is InChI=1S/C29H29ClFNO7/c1-5-38-26(33)15-25-29(34)32(16-17-9-11-19(35-2)14-24(17)37-4)22-12-10-18(30)13-21(22)28(39-25)20-7-6-8-23(36-3)27(20)31/h6-14,25,28H,5,15-16H2,1-4H3/t25-,28-/m1/s1. The topological polar surface area (TPSA) is 83.5 Å². The second-order valence-electron chi connectivity index (χ2n) is 8.68. The van der Waals surface area contributed by atoms with Crippen molar-refractivity contribution < 1.29 is 37.7 Å². The number of halogens is 2. The molecule has 0 fully saturated rings. The van der Waals surface area contributed by atoms with Crippen LogP contribution in [0.2, 0.25) is 5.02 Å². The molecule has 2 atom stereocenters. The molecule has 1 aliphatic heterocycles. The molecule has 10 heteroatoms. The Hall–Kier alpha value is -3.82. The maximum absolute atomic E-state index is 15.5. The average Bonchev–Trinajstić information content (AvgIpc) is 3.04. The van der Waals surface area contributed by atoms with Crippen molar-refractivity contribution in [2.75, 3.05) is 32.8 Å². The molecular weight excluding hydrogens is 529 g/mol. The van der Waals surface area contributed by atoms with E-state index in [4.69, 9.17) is 35.3 Å². The molecule has 4 rings (SSSR count). The van der Waals surface area contributed by atoms with E-state index in [1.54, 1.807) is 62.6 Å². The summed E-state index contributed by atoms with van der Waals surface area (Å²) in [6.07, 6.45) is -2.73. The lowest BCUT2D eigenvalue weighted by Gasteiger charge is -2.26. The van der Waals surface area contributed by atoms with E-state index >= 15 is 4.39 Å². The van der Waals surface area contributed by atoms with Crippen LogP contribution in [0.25, 0.3) is 0 Å². The van der Waals surface area contributed by atoms with E-state index < -0.39 is 29.9 Å². The first-order chi connectivity index (χ1) is 18.8. The number of esters is 1. The van der Waals surface area contributed by atoms with Crippen LogP contribution in [-0.4, -0.2) is 45.9 Å². The smallest absolute Gasteiger partial charge is 0.308 e. The van der Waals surface area contributed by atoms with Crippen LogP contribution in [0.15, 0.2) is 54.6 Å². The van der Waals surface area contributed by atoms with Gasteiger partial charge in [0, 0.05) is 27.8 Å². The highest BCUT2D eigenvalue weighted by molar-refractivity contribution is 6.30. The van der Waals surface area contributed by atoms with E-state index in [0.717, 1.165) is 0 Å². The quantitative estimate of drug-likeness (QED) is 0.322. The van der Waals surface area contributed by atoms with E-state index in [0.29, 0.717) is 33.3 Å². The SMILES string of the molecule is CCOC(=O)C[C@H]1O[C@H](c2cccc(OC)c2F)c2cc(Cl)ccc2N(Cc2ccc(OC)cc2OC)C1=O. The molecule has 3 aromatic carbocycles. The summed E-state index contributed by atoms with van der Waals surface area (Å²) < 4.78 is 42.9. The maximum atomic E-state index is 15.5. The lowest BCUT2D eigenvalue weighted by Crippen LogP contribution is -2.40. The summed E-state index contributed by atoms with van der Waals surface area (Å²) in [5, 5.41) is 0.365. The Morgan fingerprint density at radius 3 is 2.46 bits per heavy atom. The van der Waals surface area contributed by atoms with Crippen molar-refractivity contribution in [3.8, 4) is 17.2 Å². The number of methoxy groups -OCH3 is 3. The summed E-state index contributed by atoms with van der Waals surface area (Å²) in [6.45, 7) is 1.87. The number of hydrogen-bond donors (Lipinski definition) is 0. The van der Waals surface area contributed by atoms with Crippen LogP contribution in [0.4, 0.5) is 10.1 Å². The van der Waals surface area contributed by atoms with Gasteiger partial charge in [0.15, 0.2) is 11.6 Å². The van der Waals surface area contributed by atoms with E-state index in [2.05, 4.69) is 0 Å². The van der Waals surface area contributed by atoms with Gasteiger partial charge in [-0.25, -0.2) is 4.39 Å². The molecule has 0 N–H and O–H groups in total. The minimum Gasteiger partial charge on any atom is -0.497 e. The summed E-state index contributed by atoms with van der Waals surface area (Å²) in [7, 11) is 4.42. The third-order valence-corrected chi connectivity index (χ3v) is 6.62. The van der Waals surface area contributed by atoms with Gasteiger partial charge in [-0.2, -0.15) is 0 Å². The number of amides is 1. The van der Waals surface area contributed by atoms with Gasteiger partial charge in [-0.1, -0.05) is 23.7 Å². The van der Waals surface area contributed by atoms with Crippen molar-refractivity contribution >= 4 is 29.2 Å².